The minimum absolute atomic E-state index is 0.105. The molecular formula is C73H15NO5. The molecule has 0 N–H and O–H groups in total. The molecule has 29 aromatic carbocycles. The Bertz CT molecular complexity index is 7900. The summed E-state index contributed by atoms with van der Waals surface area (Å²) in [6.45, 7) is 0. The van der Waals surface area contributed by atoms with Gasteiger partial charge >= 0.3 is 5.97 Å². The molecule has 4 aliphatic rings. The van der Waals surface area contributed by atoms with Gasteiger partial charge in [0.15, 0.2) is 22.5 Å². The van der Waals surface area contributed by atoms with Crippen molar-refractivity contribution in [3.63, 3.8) is 0 Å². The fourth-order valence-corrected chi connectivity index (χ4v) is 25.3. The number of carbonyl (C=O) groups excluding carboxylic acids is 1. The largest absolute Gasteiger partial charge is 0.493 e. The Morgan fingerprint density at radius 1 is 0.342 bits per heavy atom. The van der Waals surface area contributed by atoms with Crippen LogP contribution in [0.2, 0.25) is 0 Å². The lowest BCUT2D eigenvalue weighted by molar-refractivity contribution is -0.159. The Kier molecular flexibility index (Phi) is 3.09. The molecule has 2 atom stereocenters. The summed E-state index contributed by atoms with van der Waals surface area (Å²) in [4.78, 5) is 16.2. The van der Waals surface area contributed by atoms with Crippen molar-refractivity contribution in [3.8, 4) is 23.3 Å². The van der Waals surface area contributed by atoms with E-state index in [4.69, 9.17) is 18.9 Å². The maximum atomic E-state index is 16.2. The van der Waals surface area contributed by atoms with E-state index in [1.165, 1.54) is 259 Å². The summed E-state index contributed by atoms with van der Waals surface area (Å²) in [6.07, 6.45) is 0.495. The number of benzene rings is 18. The number of hydrogen-bond donors (Lipinski definition) is 0. The minimum atomic E-state index is -1.47. The third kappa shape index (κ3) is 1.87. The molecule has 29 aromatic rings. The third-order valence-electron chi connectivity index (χ3n) is 26.0. The Morgan fingerprint density at radius 2 is 0.570 bits per heavy atom. The van der Waals surface area contributed by atoms with Crippen molar-refractivity contribution >= 4 is 297 Å². The molecule has 0 saturated carbocycles. The predicted octanol–water partition coefficient (Wildman–Crippen LogP) is 18.0. The van der Waals surface area contributed by atoms with E-state index < -0.39 is 11.0 Å². The second-order valence-corrected chi connectivity index (χ2v) is 26.8. The molecule has 4 aliphatic carbocycles. The van der Waals surface area contributed by atoms with Crippen LogP contribution in [0.3, 0.4) is 0 Å². The van der Waals surface area contributed by atoms with Gasteiger partial charge in [-0.15, -0.1) is 0 Å². The monoisotopic (exact) mass is 985 g/mol. The van der Waals surface area contributed by atoms with Crippen molar-refractivity contribution in [3.05, 3.63) is 39.9 Å². The van der Waals surface area contributed by atoms with Crippen LogP contribution in [0.15, 0.2) is 12.1 Å². The SMILES string of the molecule is COc1cc(CCC(=O)OC23c4c5c6c7c8c9c(c%10c%11c2c2c%12c4c4c%13c5c5c7c7c8c8c%14c9c%10c9c%10c%11c2c2c%11c%12c4c4c%12c%13c5c5c7c7c8c8c%14c9c9c%10c2c2c%11c4c4c%12c5c7c5c8c9c2c45)C63C#N)cc(OC)c1OC. The second-order valence-electron chi connectivity index (χ2n) is 26.8. The number of rotatable bonds is 7. The first-order chi connectivity index (χ1) is 39.1. The summed E-state index contributed by atoms with van der Waals surface area (Å²) in [7, 11) is 4.89. The van der Waals surface area contributed by atoms with Gasteiger partial charge in [0.1, 0.15) is 0 Å². The lowest BCUT2D eigenvalue weighted by atomic mass is 9.56. The van der Waals surface area contributed by atoms with Gasteiger partial charge in [-0.05, 0) is 326 Å². The first kappa shape index (κ1) is 31.9. The third-order valence-corrected chi connectivity index (χ3v) is 26.0. The van der Waals surface area contributed by atoms with E-state index in [1.54, 1.807) is 53.6 Å². The topological polar surface area (TPSA) is 77.8 Å². The summed E-state index contributed by atoms with van der Waals surface area (Å²) >= 11 is 0. The smallest absolute Gasteiger partial charge is 0.307 e. The standard InChI is InChI=1S/C73H15NO5/c1-76-10-6-9(7-11(77-2)71(10)78-3)4-5-12(75)79-73-69-62-54-42-34-25-16-14-13-15-19(16)28-35-33-24(15)26-22-17(13)20-21-18(14)23-27(25)40(42)48-46-32(23)30(21)38-37-29(20)31(22)45-47-39(26)41(33)53-55-43(35)44(36(28)34)56(54)65(69)64(55)67-60(53)58(47)61-51(45)49(37)57-50(38)52(46)63(59(48)62)70(73)66(57)68(61)72(67,73)8-74/h6-7H,4-5H2,1-3H3. The van der Waals surface area contributed by atoms with Crippen LogP contribution in [0.5, 0.6) is 17.2 Å². The number of methoxy groups -OCH3 is 3. The van der Waals surface area contributed by atoms with Crippen molar-refractivity contribution in [1.29, 1.82) is 5.26 Å². The Balaban J connectivity index is 0.974. The van der Waals surface area contributed by atoms with E-state index >= 15 is 4.79 Å². The number of aryl methyl sites for hydroxylation is 1. The maximum Gasteiger partial charge on any atom is 0.307 e. The van der Waals surface area contributed by atoms with Gasteiger partial charge in [0.25, 0.3) is 0 Å². The minimum Gasteiger partial charge on any atom is -0.493 e. The highest BCUT2D eigenvalue weighted by Crippen LogP contribution is 2.84. The van der Waals surface area contributed by atoms with Crippen LogP contribution < -0.4 is 14.2 Å². The first-order valence-electron chi connectivity index (χ1n) is 28.3. The quantitative estimate of drug-likeness (QED) is 0.117. The average molecular weight is 986 g/mol. The number of carbonyl (C=O) groups is 1. The average Bonchev–Trinajstić information content (AvgIpc) is 1.61. The van der Waals surface area contributed by atoms with Gasteiger partial charge in [-0.25, -0.2) is 0 Å². The zero-order valence-electron chi connectivity index (χ0n) is 41.1. The molecule has 342 valence electrons. The Labute approximate surface area is 432 Å². The van der Waals surface area contributed by atoms with Crippen LogP contribution in [-0.4, -0.2) is 27.3 Å². The summed E-state index contributed by atoms with van der Waals surface area (Å²) in [5, 5.41) is 91.6. The highest BCUT2D eigenvalue weighted by Gasteiger charge is 2.73. The first-order valence-corrected chi connectivity index (χ1v) is 28.3. The van der Waals surface area contributed by atoms with E-state index in [2.05, 4.69) is 6.07 Å². The van der Waals surface area contributed by atoms with Crippen molar-refractivity contribution in [2.24, 2.45) is 0 Å². The van der Waals surface area contributed by atoms with Crippen molar-refractivity contribution in [2.45, 2.75) is 23.9 Å². The van der Waals surface area contributed by atoms with Crippen LogP contribution in [0.4, 0.5) is 0 Å². The van der Waals surface area contributed by atoms with Crippen molar-refractivity contribution in [1.82, 2.24) is 0 Å². The molecule has 0 saturated heterocycles. The summed E-state index contributed by atoms with van der Waals surface area (Å²) in [6, 6.07) is 7.33. The normalized spacial score (nSPS) is 20.3. The van der Waals surface area contributed by atoms with Crippen LogP contribution in [0.25, 0.3) is 291 Å². The molecule has 2 unspecified atom stereocenters. The number of nitriles is 1. The predicted molar refractivity (Wildman–Crippen MR) is 320 cm³/mol. The zero-order valence-corrected chi connectivity index (χ0v) is 41.1. The van der Waals surface area contributed by atoms with Gasteiger partial charge in [0.2, 0.25) is 5.75 Å². The number of hydrogen-bond acceptors (Lipinski definition) is 6. The van der Waals surface area contributed by atoms with Gasteiger partial charge in [-0.2, -0.15) is 5.26 Å². The van der Waals surface area contributed by atoms with E-state index in [9.17, 15) is 5.26 Å². The van der Waals surface area contributed by atoms with Gasteiger partial charge in [-0.3, -0.25) is 4.79 Å². The fourth-order valence-electron chi connectivity index (χ4n) is 25.3. The molecular weight excluding hydrogens is 971 g/mol. The molecule has 6 nitrogen and oxygen atoms in total. The summed E-state index contributed by atoms with van der Waals surface area (Å²) in [5.74, 6) is 1.33. The van der Waals surface area contributed by atoms with Gasteiger partial charge in [-0.1, -0.05) is 0 Å². The number of ether oxygens (including phenoxy) is 4. The second kappa shape index (κ2) is 7.64. The highest BCUT2D eigenvalue weighted by atomic mass is 16.6. The van der Waals surface area contributed by atoms with Crippen LogP contribution in [0.1, 0.15) is 34.2 Å². The summed E-state index contributed by atoms with van der Waals surface area (Å²) in [5.41, 5.74) is 2.56. The number of esters is 1. The fraction of sp³-hybridized carbons (Fsp3) is 0.0959. The Hall–Kier alpha value is -9.96. The van der Waals surface area contributed by atoms with Crippen LogP contribution >= 0.6 is 0 Å². The molecule has 0 radical (unpaired) electrons. The molecule has 0 fully saturated rings. The lowest BCUT2D eigenvalue weighted by Crippen LogP contribution is -2.52. The molecule has 33 rings (SSSR count). The molecule has 0 bridgehead atoms. The number of nitrogens with zero attached hydrogens (tertiary/aromatic N) is 1. The van der Waals surface area contributed by atoms with Crippen molar-refractivity contribution in [2.75, 3.05) is 21.3 Å². The molecule has 0 heterocycles. The zero-order chi connectivity index (χ0) is 48.7. The van der Waals surface area contributed by atoms with E-state index in [-0.39, 0.29) is 12.4 Å². The highest BCUT2D eigenvalue weighted by molar-refractivity contribution is 6.82. The molecule has 0 aliphatic heterocycles. The molecule has 0 aromatic heterocycles. The summed E-state index contributed by atoms with van der Waals surface area (Å²) < 4.78 is 25.6. The van der Waals surface area contributed by atoms with Gasteiger partial charge < -0.3 is 18.9 Å². The van der Waals surface area contributed by atoms with E-state index in [0.717, 1.165) is 27.8 Å². The molecule has 0 amide bonds. The molecule has 79 heavy (non-hydrogen) atoms. The van der Waals surface area contributed by atoms with E-state index in [1.807, 2.05) is 12.1 Å². The van der Waals surface area contributed by atoms with Crippen LogP contribution in [-0.2, 0) is 27.0 Å². The maximum absolute atomic E-state index is 16.2. The van der Waals surface area contributed by atoms with Crippen LogP contribution in [0, 0.1) is 11.3 Å². The van der Waals surface area contributed by atoms with E-state index in [0.29, 0.717) is 23.7 Å². The lowest BCUT2D eigenvalue weighted by Gasteiger charge is -2.47. The van der Waals surface area contributed by atoms with Gasteiger partial charge in [0, 0.05) is 17.5 Å². The Morgan fingerprint density at radius 3 is 0.861 bits per heavy atom. The molecule has 0 spiro atoms. The van der Waals surface area contributed by atoms with Gasteiger partial charge in [0.05, 0.1) is 27.4 Å². The molecule has 6 heteroatoms. The van der Waals surface area contributed by atoms with Crippen molar-refractivity contribution < 1.29 is 23.7 Å².